The van der Waals surface area contributed by atoms with Crippen molar-refractivity contribution in [3.63, 3.8) is 0 Å². The number of nitrogens with zero attached hydrogens (tertiary/aromatic N) is 2. The van der Waals surface area contributed by atoms with Crippen LogP contribution in [0.1, 0.15) is 37.7 Å². The Kier molecular flexibility index (Phi) is 6.19. The number of benzene rings is 1. The van der Waals surface area contributed by atoms with Gasteiger partial charge in [0.1, 0.15) is 5.75 Å². The lowest BCUT2D eigenvalue weighted by Gasteiger charge is -2.38. The maximum atomic E-state index is 5.78. The van der Waals surface area contributed by atoms with E-state index in [-0.39, 0.29) is 0 Å². The fourth-order valence-electron chi connectivity index (χ4n) is 3.85. The lowest BCUT2D eigenvalue weighted by atomic mass is 9.68. The predicted octanol–water partition coefficient (Wildman–Crippen LogP) is 3.05. The van der Waals surface area contributed by atoms with Crippen molar-refractivity contribution < 1.29 is 9.47 Å². The number of hydrogen-bond donors (Lipinski definition) is 1. The van der Waals surface area contributed by atoms with E-state index in [0.29, 0.717) is 12.0 Å². The standard InChI is InChI=1S/C20H31N3O2/c1-21-19(23-11-10-20(16-23)8-4-9-20)22-15-17-6-3-7-18(14-17)25-13-5-12-24-2/h3,6-7,14H,4-5,8-13,15-16H2,1-2H3,(H,21,22). The van der Waals surface area contributed by atoms with Gasteiger partial charge in [-0.15, -0.1) is 0 Å². The molecule has 2 fully saturated rings. The highest BCUT2D eigenvalue weighted by Crippen LogP contribution is 2.47. The summed E-state index contributed by atoms with van der Waals surface area (Å²) in [7, 11) is 3.59. The molecule has 1 spiro atoms. The Morgan fingerprint density at radius 2 is 2.16 bits per heavy atom. The summed E-state index contributed by atoms with van der Waals surface area (Å²) >= 11 is 0. The third-order valence-electron chi connectivity index (χ3n) is 5.47. The minimum atomic E-state index is 0.591. The minimum Gasteiger partial charge on any atom is -0.493 e. The Bertz CT molecular complexity index is 584. The maximum Gasteiger partial charge on any atom is 0.193 e. The normalized spacial score (nSPS) is 19.1. The third-order valence-corrected chi connectivity index (χ3v) is 5.47. The van der Waals surface area contributed by atoms with E-state index < -0.39 is 0 Å². The topological polar surface area (TPSA) is 46.1 Å². The quantitative estimate of drug-likeness (QED) is 0.469. The zero-order valence-electron chi connectivity index (χ0n) is 15.6. The minimum absolute atomic E-state index is 0.591. The van der Waals surface area contributed by atoms with Crippen molar-refractivity contribution >= 4 is 5.96 Å². The Balaban J connectivity index is 1.48. The molecule has 3 rings (SSSR count). The molecule has 1 aliphatic carbocycles. The van der Waals surface area contributed by atoms with Gasteiger partial charge in [0.05, 0.1) is 6.61 Å². The summed E-state index contributed by atoms with van der Waals surface area (Å²) in [6.07, 6.45) is 6.41. The maximum absolute atomic E-state index is 5.78. The number of hydrogen-bond acceptors (Lipinski definition) is 3. The molecule has 1 saturated carbocycles. The van der Waals surface area contributed by atoms with Crippen LogP contribution in [0.15, 0.2) is 29.3 Å². The van der Waals surface area contributed by atoms with E-state index in [1.54, 1.807) is 7.11 Å². The molecule has 0 atom stereocenters. The van der Waals surface area contributed by atoms with E-state index in [2.05, 4.69) is 27.3 Å². The average molecular weight is 345 g/mol. The molecule has 0 bridgehead atoms. The molecular formula is C20H31N3O2. The van der Waals surface area contributed by atoms with Gasteiger partial charge in [-0.25, -0.2) is 0 Å². The Hall–Kier alpha value is -1.75. The molecule has 5 heteroatoms. The molecule has 1 aliphatic heterocycles. The van der Waals surface area contributed by atoms with Crippen molar-refractivity contribution in [2.45, 2.75) is 38.6 Å². The highest BCUT2D eigenvalue weighted by molar-refractivity contribution is 5.80. The van der Waals surface area contributed by atoms with E-state index in [1.807, 2.05) is 19.2 Å². The van der Waals surface area contributed by atoms with Crippen LogP contribution in [0, 0.1) is 5.41 Å². The first-order chi connectivity index (χ1) is 12.2. The lowest BCUT2D eigenvalue weighted by molar-refractivity contribution is 0.151. The Morgan fingerprint density at radius 3 is 2.84 bits per heavy atom. The highest BCUT2D eigenvalue weighted by Gasteiger charge is 2.43. The van der Waals surface area contributed by atoms with Crippen LogP contribution in [-0.2, 0) is 11.3 Å². The smallest absolute Gasteiger partial charge is 0.193 e. The molecule has 1 saturated heterocycles. The number of nitrogens with one attached hydrogen (secondary N) is 1. The number of guanidine groups is 1. The van der Waals surface area contributed by atoms with Crippen molar-refractivity contribution in [2.24, 2.45) is 10.4 Å². The predicted molar refractivity (Wildman–Crippen MR) is 101 cm³/mol. The van der Waals surface area contributed by atoms with Crippen LogP contribution < -0.4 is 10.1 Å². The number of methoxy groups -OCH3 is 1. The van der Waals surface area contributed by atoms with Gasteiger partial charge in [-0.3, -0.25) is 4.99 Å². The van der Waals surface area contributed by atoms with Crippen LogP contribution in [0.3, 0.4) is 0 Å². The Morgan fingerprint density at radius 1 is 1.28 bits per heavy atom. The second-order valence-corrected chi connectivity index (χ2v) is 7.27. The van der Waals surface area contributed by atoms with Gasteiger partial charge in [-0.05, 0) is 42.4 Å². The summed E-state index contributed by atoms with van der Waals surface area (Å²) in [5, 5.41) is 3.52. The van der Waals surface area contributed by atoms with Gasteiger partial charge in [0.2, 0.25) is 0 Å². The summed E-state index contributed by atoms with van der Waals surface area (Å²) in [6.45, 7) is 4.47. The van der Waals surface area contributed by atoms with E-state index in [9.17, 15) is 0 Å². The number of rotatable bonds is 7. The monoisotopic (exact) mass is 345 g/mol. The third kappa shape index (κ3) is 4.66. The zero-order valence-corrected chi connectivity index (χ0v) is 15.6. The van der Waals surface area contributed by atoms with Gasteiger partial charge in [0.25, 0.3) is 0 Å². The molecule has 138 valence electrons. The van der Waals surface area contributed by atoms with E-state index >= 15 is 0 Å². The van der Waals surface area contributed by atoms with Gasteiger partial charge in [-0.2, -0.15) is 0 Å². The van der Waals surface area contributed by atoms with Crippen LogP contribution in [0.5, 0.6) is 5.75 Å². The van der Waals surface area contributed by atoms with Gasteiger partial charge in [0, 0.05) is 46.8 Å². The second kappa shape index (κ2) is 8.56. The first-order valence-electron chi connectivity index (χ1n) is 9.41. The molecule has 0 radical (unpaired) electrons. The van der Waals surface area contributed by atoms with Crippen molar-refractivity contribution in [3.8, 4) is 5.75 Å². The first-order valence-corrected chi connectivity index (χ1v) is 9.41. The molecular weight excluding hydrogens is 314 g/mol. The van der Waals surface area contributed by atoms with Crippen molar-refractivity contribution in [3.05, 3.63) is 29.8 Å². The molecule has 0 amide bonds. The molecule has 1 N–H and O–H groups in total. The van der Waals surface area contributed by atoms with Gasteiger partial charge >= 0.3 is 0 Å². The largest absolute Gasteiger partial charge is 0.493 e. The molecule has 1 heterocycles. The summed E-state index contributed by atoms with van der Waals surface area (Å²) in [5.74, 6) is 1.94. The van der Waals surface area contributed by atoms with Gasteiger partial charge in [0.15, 0.2) is 5.96 Å². The zero-order chi connectivity index (χ0) is 17.5. The van der Waals surface area contributed by atoms with Crippen LogP contribution in [-0.4, -0.2) is 51.3 Å². The van der Waals surface area contributed by atoms with Crippen molar-refractivity contribution in [2.75, 3.05) is 40.5 Å². The lowest BCUT2D eigenvalue weighted by Crippen LogP contribution is -2.42. The highest BCUT2D eigenvalue weighted by atomic mass is 16.5. The molecule has 1 aromatic rings. The van der Waals surface area contributed by atoms with Crippen molar-refractivity contribution in [1.82, 2.24) is 10.2 Å². The van der Waals surface area contributed by atoms with Crippen LogP contribution in [0.25, 0.3) is 0 Å². The fourth-order valence-corrected chi connectivity index (χ4v) is 3.85. The number of ether oxygens (including phenoxy) is 2. The fraction of sp³-hybridized carbons (Fsp3) is 0.650. The number of aliphatic imine (C=N–C) groups is 1. The molecule has 0 unspecified atom stereocenters. The average Bonchev–Trinajstić information content (AvgIpc) is 3.06. The second-order valence-electron chi connectivity index (χ2n) is 7.27. The first kappa shape index (κ1) is 18.1. The summed E-state index contributed by atoms with van der Waals surface area (Å²) in [4.78, 5) is 6.91. The van der Waals surface area contributed by atoms with Gasteiger partial charge in [-0.1, -0.05) is 18.6 Å². The summed E-state index contributed by atoms with van der Waals surface area (Å²) < 4.78 is 10.8. The molecule has 0 aromatic heterocycles. The van der Waals surface area contributed by atoms with E-state index in [0.717, 1.165) is 44.4 Å². The summed E-state index contributed by atoms with van der Waals surface area (Å²) in [6, 6.07) is 8.28. The van der Waals surface area contributed by atoms with Crippen molar-refractivity contribution in [1.29, 1.82) is 0 Å². The number of likely N-dealkylation sites (tertiary alicyclic amines) is 1. The SMILES string of the molecule is CN=C(NCc1cccc(OCCCOC)c1)N1CCC2(CCC2)C1. The summed E-state index contributed by atoms with van der Waals surface area (Å²) in [5.41, 5.74) is 1.80. The van der Waals surface area contributed by atoms with Crippen LogP contribution in [0.2, 0.25) is 0 Å². The molecule has 25 heavy (non-hydrogen) atoms. The van der Waals surface area contributed by atoms with Crippen LogP contribution in [0.4, 0.5) is 0 Å². The Labute approximate surface area is 151 Å². The molecule has 2 aliphatic rings. The molecule has 5 nitrogen and oxygen atoms in total. The van der Waals surface area contributed by atoms with Gasteiger partial charge < -0.3 is 19.7 Å². The molecule has 1 aromatic carbocycles. The van der Waals surface area contributed by atoms with E-state index in [4.69, 9.17) is 9.47 Å². The van der Waals surface area contributed by atoms with E-state index in [1.165, 1.54) is 31.2 Å². The van der Waals surface area contributed by atoms with Crippen LogP contribution >= 0.6 is 0 Å².